The largest absolute Gasteiger partial charge is 0.466 e. The summed E-state index contributed by atoms with van der Waals surface area (Å²) in [5.41, 5.74) is 6.15. The highest BCUT2D eigenvalue weighted by molar-refractivity contribution is 9.10. The fraction of sp³-hybridized carbons (Fsp3) is 0.444. The maximum atomic E-state index is 11.1. The molecule has 0 atom stereocenters. The van der Waals surface area contributed by atoms with Crippen molar-refractivity contribution in [3.8, 4) is 0 Å². The van der Waals surface area contributed by atoms with Gasteiger partial charge in [0.05, 0.1) is 18.7 Å². The number of rotatable bonds is 4. The highest BCUT2D eigenvalue weighted by atomic mass is 79.9. The average Bonchev–Trinajstić information content (AvgIpc) is 2.22. The van der Waals surface area contributed by atoms with E-state index < -0.39 is 0 Å². The molecule has 5 nitrogen and oxygen atoms in total. The first-order chi connectivity index (χ1) is 7.54. The van der Waals surface area contributed by atoms with E-state index in [1.54, 1.807) is 6.92 Å². The summed E-state index contributed by atoms with van der Waals surface area (Å²) in [4.78, 5) is 19.1. The highest BCUT2D eigenvalue weighted by Gasteiger charge is 2.10. The first kappa shape index (κ1) is 13.2. The van der Waals surface area contributed by atoms with Crippen molar-refractivity contribution >= 4 is 39.3 Å². The third-order valence-electron chi connectivity index (χ3n) is 1.79. The van der Waals surface area contributed by atoms with Gasteiger partial charge in [0.2, 0.25) is 0 Å². The number of nitrogens with two attached hydrogens (primary N) is 1. The lowest BCUT2D eigenvalue weighted by atomic mass is 10.2. The Morgan fingerprint density at radius 1 is 1.56 bits per heavy atom. The van der Waals surface area contributed by atoms with Crippen LogP contribution in [0.25, 0.3) is 0 Å². The number of esters is 1. The van der Waals surface area contributed by atoms with Crippen molar-refractivity contribution in [3.63, 3.8) is 0 Å². The van der Waals surface area contributed by atoms with Crippen molar-refractivity contribution in [2.24, 2.45) is 0 Å². The van der Waals surface area contributed by atoms with Gasteiger partial charge >= 0.3 is 5.97 Å². The Morgan fingerprint density at radius 2 is 2.25 bits per heavy atom. The van der Waals surface area contributed by atoms with Gasteiger partial charge in [0.15, 0.2) is 5.15 Å². The molecule has 1 aromatic heterocycles. The van der Waals surface area contributed by atoms with E-state index in [2.05, 4.69) is 25.9 Å². The molecule has 0 amide bonds. The minimum Gasteiger partial charge on any atom is -0.466 e. The van der Waals surface area contributed by atoms with Gasteiger partial charge in [-0.05, 0) is 22.9 Å². The third-order valence-corrected chi connectivity index (χ3v) is 2.83. The number of carbonyl (C=O) groups is 1. The van der Waals surface area contributed by atoms with E-state index in [0.717, 1.165) is 0 Å². The van der Waals surface area contributed by atoms with Gasteiger partial charge in [-0.25, -0.2) is 9.97 Å². The van der Waals surface area contributed by atoms with Crippen LogP contribution in [0, 0.1) is 0 Å². The fourth-order valence-electron chi connectivity index (χ4n) is 1.08. The average molecular weight is 309 g/mol. The number of anilines is 1. The molecule has 1 heterocycles. The number of hydrogen-bond acceptors (Lipinski definition) is 5. The maximum Gasteiger partial charge on any atom is 0.306 e. The zero-order valence-electron chi connectivity index (χ0n) is 8.67. The molecule has 7 heteroatoms. The van der Waals surface area contributed by atoms with Crippen LogP contribution in [0.5, 0.6) is 0 Å². The lowest BCUT2D eigenvalue weighted by Crippen LogP contribution is -2.08. The van der Waals surface area contributed by atoms with Crippen LogP contribution in [0.3, 0.4) is 0 Å². The van der Waals surface area contributed by atoms with Gasteiger partial charge in [0, 0.05) is 6.42 Å². The number of nitrogen functional groups attached to an aromatic ring is 1. The van der Waals surface area contributed by atoms with Gasteiger partial charge in [0.25, 0.3) is 0 Å². The summed E-state index contributed by atoms with van der Waals surface area (Å²) in [5, 5.41) is 0.206. The second-order valence-corrected chi connectivity index (χ2v) is 4.05. The molecule has 0 spiro atoms. The van der Waals surface area contributed by atoms with Gasteiger partial charge in [-0.3, -0.25) is 4.79 Å². The summed E-state index contributed by atoms with van der Waals surface area (Å²) in [7, 11) is 0. The quantitative estimate of drug-likeness (QED) is 0.860. The minimum absolute atomic E-state index is 0.206. The second kappa shape index (κ2) is 6.00. The molecule has 88 valence electrons. The van der Waals surface area contributed by atoms with E-state index >= 15 is 0 Å². The Kier molecular flexibility index (Phi) is 4.95. The SMILES string of the molecule is CCOC(=O)CCc1nc(Br)c(Cl)nc1N. The number of ether oxygens (including phenoxy) is 1. The molecule has 16 heavy (non-hydrogen) atoms. The molecule has 1 aromatic rings. The lowest BCUT2D eigenvalue weighted by molar-refractivity contribution is -0.143. The molecule has 0 aliphatic rings. The molecule has 2 N–H and O–H groups in total. The van der Waals surface area contributed by atoms with Crippen molar-refractivity contribution in [1.82, 2.24) is 9.97 Å². The number of halogens is 2. The van der Waals surface area contributed by atoms with E-state index in [0.29, 0.717) is 23.3 Å². The molecule has 0 saturated heterocycles. The van der Waals surface area contributed by atoms with Gasteiger partial charge in [0.1, 0.15) is 10.4 Å². The third kappa shape index (κ3) is 3.61. The zero-order chi connectivity index (χ0) is 12.1. The molecule has 0 unspecified atom stereocenters. The van der Waals surface area contributed by atoms with Crippen LogP contribution in [-0.4, -0.2) is 22.5 Å². The predicted molar refractivity (Wildman–Crippen MR) is 64.1 cm³/mol. The monoisotopic (exact) mass is 307 g/mol. The summed E-state index contributed by atoms with van der Waals surface area (Å²) in [6.45, 7) is 2.12. The standard InChI is InChI=1S/C9H11BrClN3O2/c1-2-16-6(15)4-3-5-9(12)14-8(11)7(10)13-5/h2-4H2,1H3,(H2,12,14). The van der Waals surface area contributed by atoms with Crippen LogP contribution in [0.4, 0.5) is 5.82 Å². The van der Waals surface area contributed by atoms with Crippen LogP contribution >= 0.6 is 27.5 Å². The molecule has 0 aliphatic heterocycles. The van der Waals surface area contributed by atoms with Crippen LogP contribution in [0.2, 0.25) is 5.15 Å². The van der Waals surface area contributed by atoms with Crippen LogP contribution in [-0.2, 0) is 16.0 Å². The predicted octanol–water partition coefficient (Wildman–Crippen LogP) is 1.97. The summed E-state index contributed by atoms with van der Waals surface area (Å²) in [6, 6.07) is 0. The Balaban J connectivity index is 2.67. The van der Waals surface area contributed by atoms with Crippen LogP contribution in [0.1, 0.15) is 19.0 Å². The van der Waals surface area contributed by atoms with Crippen molar-refractivity contribution in [2.75, 3.05) is 12.3 Å². The van der Waals surface area contributed by atoms with Crippen molar-refractivity contribution in [2.45, 2.75) is 19.8 Å². The molecule has 0 aromatic carbocycles. The molecule has 0 saturated carbocycles. The van der Waals surface area contributed by atoms with E-state index in [4.69, 9.17) is 22.1 Å². The van der Waals surface area contributed by atoms with Crippen molar-refractivity contribution < 1.29 is 9.53 Å². The van der Waals surface area contributed by atoms with Crippen LogP contribution < -0.4 is 5.73 Å². The molecule has 0 fully saturated rings. The first-order valence-corrected chi connectivity index (χ1v) is 5.84. The number of hydrogen-bond donors (Lipinski definition) is 1. The lowest BCUT2D eigenvalue weighted by Gasteiger charge is -2.05. The zero-order valence-corrected chi connectivity index (χ0v) is 11.0. The maximum absolute atomic E-state index is 11.1. The molecular formula is C9H11BrClN3O2. The van der Waals surface area contributed by atoms with Gasteiger partial charge in [-0.1, -0.05) is 11.6 Å². The van der Waals surface area contributed by atoms with Crippen molar-refractivity contribution in [3.05, 3.63) is 15.5 Å². The van der Waals surface area contributed by atoms with Gasteiger partial charge < -0.3 is 10.5 Å². The second-order valence-electron chi connectivity index (χ2n) is 2.94. The fourth-order valence-corrected chi connectivity index (χ4v) is 1.51. The van der Waals surface area contributed by atoms with E-state index in [1.807, 2.05) is 0 Å². The van der Waals surface area contributed by atoms with Gasteiger partial charge in [-0.2, -0.15) is 0 Å². The molecule has 0 aliphatic carbocycles. The molecule has 0 bridgehead atoms. The Bertz CT molecular complexity index is 401. The molecule has 1 rings (SSSR count). The summed E-state index contributed by atoms with van der Waals surface area (Å²) >= 11 is 8.85. The summed E-state index contributed by atoms with van der Waals surface area (Å²) in [5.74, 6) is -0.0488. The molecular weight excluding hydrogens is 297 g/mol. The minimum atomic E-state index is -0.283. The van der Waals surface area contributed by atoms with Gasteiger partial charge in [-0.15, -0.1) is 0 Å². The Morgan fingerprint density at radius 3 is 2.88 bits per heavy atom. The van der Waals surface area contributed by atoms with Crippen molar-refractivity contribution in [1.29, 1.82) is 0 Å². The van der Waals surface area contributed by atoms with E-state index in [-0.39, 0.29) is 23.4 Å². The van der Waals surface area contributed by atoms with Crippen LogP contribution in [0.15, 0.2) is 4.60 Å². The Hall–Kier alpha value is -0.880. The number of nitrogens with zero attached hydrogens (tertiary/aromatic N) is 2. The topological polar surface area (TPSA) is 78.1 Å². The smallest absolute Gasteiger partial charge is 0.306 e. The number of aromatic nitrogens is 2. The molecule has 0 radical (unpaired) electrons. The first-order valence-electron chi connectivity index (χ1n) is 4.67. The summed E-state index contributed by atoms with van der Waals surface area (Å²) in [6.07, 6.45) is 0.605. The van der Waals surface area contributed by atoms with E-state index in [1.165, 1.54) is 0 Å². The number of aryl methyl sites for hydroxylation is 1. The highest BCUT2D eigenvalue weighted by Crippen LogP contribution is 2.21. The Labute approximate surface area is 106 Å². The number of carbonyl (C=O) groups excluding carboxylic acids is 1. The van der Waals surface area contributed by atoms with E-state index in [9.17, 15) is 4.79 Å². The summed E-state index contributed by atoms with van der Waals surface area (Å²) < 4.78 is 5.21. The normalized spacial score (nSPS) is 10.2.